The van der Waals surface area contributed by atoms with E-state index in [1.165, 1.54) is 19.2 Å². The van der Waals surface area contributed by atoms with E-state index in [1.807, 2.05) is 0 Å². The zero-order valence-corrected chi connectivity index (χ0v) is 18.2. The third-order valence-electron chi connectivity index (χ3n) is 4.90. The van der Waals surface area contributed by atoms with Crippen LogP contribution in [0.1, 0.15) is 40.0 Å². The quantitative estimate of drug-likeness (QED) is 0.365. The third-order valence-corrected chi connectivity index (χ3v) is 6.01. The monoisotopic (exact) mass is 459 g/mol. The molecule has 0 saturated carbocycles. The molecule has 0 amide bonds. The number of Topliss-reactive ketones (excluding diaryl/α,β-unsaturated/α-hetero) is 1. The fourth-order valence-corrected chi connectivity index (χ4v) is 4.22. The number of ether oxygens (including phenoxy) is 2. The highest BCUT2D eigenvalue weighted by Crippen LogP contribution is 2.27. The molecule has 168 valence electrons. The van der Waals surface area contributed by atoms with Crippen molar-refractivity contribution in [1.29, 1.82) is 0 Å². The molecule has 1 aliphatic rings. The molecule has 2 aromatic rings. The van der Waals surface area contributed by atoms with Gasteiger partial charge in [-0.05, 0) is 37.6 Å². The van der Waals surface area contributed by atoms with Gasteiger partial charge >= 0.3 is 11.9 Å². The normalized spacial score (nSPS) is 16.2. The van der Waals surface area contributed by atoms with Crippen molar-refractivity contribution in [2.24, 2.45) is 0 Å². The van der Waals surface area contributed by atoms with Crippen molar-refractivity contribution in [2.45, 2.75) is 30.6 Å². The first-order valence-corrected chi connectivity index (χ1v) is 10.9. The summed E-state index contributed by atoms with van der Waals surface area (Å²) in [5, 5.41) is 1.29. The summed E-state index contributed by atoms with van der Waals surface area (Å²) in [6, 6.07) is 11.3. The molecule has 9 heteroatoms. The second-order valence-electron chi connectivity index (χ2n) is 7.12. The molecular weight excluding hydrogens is 437 g/mol. The number of ketones is 1. The van der Waals surface area contributed by atoms with Crippen LogP contribution >= 0.6 is 11.8 Å². The molecule has 1 fully saturated rings. The molecule has 7 nitrogen and oxygen atoms in total. The van der Waals surface area contributed by atoms with Gasteiger partial charge < -0.3 is 14.8 Å². The first-order chi connectivity index (χ1) is 15.4. The van der Waals surface area contributed by atoms with E-state index in [9.17, 15) is 23.6 Å². The van der Waals surface area contributed by atoms with Gasteiger partial charge in [0.05, 0.1) is 18.8 Å². The average molecular weight is 459 g/mol. The number of nitrogens with one attached hydrogen (secondary N) is 1. The molecule has 2 atom stereocenters. The molecule has 1 saturated heterocycles. The topological polar surface area (TPSA) is 98.8 Å². The van der Waals surface area contributed by atoms with Gasteiger partial charge in [0.2, 0.25) is 5.12 Å². The lowest BCUT2D eigenvalue weighted by molar-refractivity contribution is -0.160. The van der Waals surface area contributed by atoms with Gasteiger partial charge in [-0.2, -0.15) is 0 Å². The van der Waals surface area contributed by atoms with Crippen LogP contribution < -0.4 is 10.1 Å². The van der Waals surface area contributed by atoms with Crippen LogP contribution in [0.2, 0.25) is 0 Å². The maximum Gasteiger partial charge on any atom is 0.330 e. The minimum absolute atomic E-state index is 0.0294. The number of hydrogen-bond donors (Lipinski definition) is 1. The van der Waals surface area contributed by atoms with Crippen LogP contribution in [-0.4, -0.2) is 47.8 Å². The van der Waals surface area contributed by atoms with E-state index >= 15 is 0 Å². The Kier molecular flexibility index (Phi) is 8.13. The number of benzene rings is 2. The third kappa shape index (κ3) is 6.02. The molecule has 0 aliphatic carbocycles. The molecule has 1 aliphatic heterocycles. The van der Waals surface area contributed by atoms with Gasteiger partial charge in [-0.25, -0.2) is 9.18 Å². The number of carbonyl (C=O) groups is 4. The zero-order valence-electron chi connectivity index (χ0n) is 17.3. The zero-order chi connectivity index (χ0) is 23.1. The molecule has 0 spiro atoms. The van der Waals surface area contributed by atoms with Gasteiger partial charge in [-0.15, -0.1) is 0 Å². The molecular formula is C23H22FNO6S. The second-order valence-corrected chi connectivity index (χ2v) is 8.30. The number of carbonyl (C=O) groups excluding carboxylic acids is 4. The SMILES string of the molecule is COc1ccc(C(=O)C(CC(=O)OC(=O)[C@@H]2CCCN2)SC(=O)c2ccccc2)cc1F. The number of thioether (sulfide) groups is 1. The Morgan fingerprint density at radius 2 is 1.88 bits per heavy atom. The predicted molar refractivity (Wildman–Crippen MR) is 116 cm³/mol. The highest BCUT2D eigenvalue weighted by Gasteiger charge is 2.31. The lowest BCUT2D eigenvalue weighted by Crippen LogP contribution is -2.35. The standard InChI is InChI=1S/C23H22FNO6S/c1-30-18-10-9-15(12-16(18)24)21(27)19(32-23(29)14-6-3-2-4-7-14)13-20(26)31-22(28)17-8-5-11-25-17/h2-4,6-7,9-10,12,17,19,25H,5,8,11,13H2,1H3/t17-,19?/m0/s1. The first-order valence-electron chi connectivity index (χ1n) is 10.0. The lowest BCUT2D eigenvalue weighted by Gasteiger charge is -2.15. The maximum absolute atomic E-state index is 14.1. The van der Waals surface area contributed by atoms with Gasteiger partial charge in [0, 0.05) is 11.1 Å². The van der Waals surface area contributed by atoms with E-state index in [0.29, 0.717) is 30.3 Å². The number of rotatable bonds is 8. The summed E-state index contributed by atoms with van der Waals surface area (Å²) in [5.41, 5.74) is 0.314. The van der Waals surface area contributed by atoms with Gasteiger partial charge in [-0.1, -0.05) is 42.1 Å². The van der Waals surface area contributed by atoms with Crippen LogP contribution in [0.25, 0.3) is 0 Å². The summed E-state index contributed by atoms with van der Waals surface area (Å²) in [6.07, 6.45) is 0.828. The largest absolute Gasteiger partial charge is 0.494 e. The van der Waals surface area contributed by atoms with Crippen LogP contribution in [0.5, 0.6) is 5.75 Å². The summed E-state index contributed by atoms with van der Waals surface area (Å²) >= 11 is 0.634. The average Bonchev–Trinajstić information content (AvgIpc) is 3.34. The van der Waals surface area contributed by atoms with E-state index in [1.54, 1.807) is 30.3 Å². The van der Waals surface area contributed by atoms with Crippen molar-refractivity contribution in [3.8, 4) is 5.75 Å². The first kappa shape index (κ1) is 23.6. The van der Waals surface area contributed by atoms with E-state index < -0.39 is 46.4 Å². The molecule has 1 heterocycles. The molecule has 32 heavy (non-hydrogen) atoms. The molecule has 1 unspecified atom stereocenters. The van der Waals surface area contributed by atoms with Crippen molar-refractivity contribution < 1.29 is 33.0 Å². The van der Waals surface area contributed by atoms with Crippen molar-refractivity contribution in [2.75, 3.05) is 13.7 Å². The summed E-state index contributed by atoms with van der Waals surface area (Å²) in [6.45, 7) is 0.652. The maximum atomic E-state index is 14.1. The second kappa shape index (κ2) is 11.0. The van der Waals surface area contributed by atoms with Crippen LogP contribution in [-0.2, 0) is 14.3 Å². The highest BCUT2D eigenvalue weighted by molar-refractivity contribution is 8.15. The van der Waals surface area contributed by atoms with Crippen LogP contribution in [0.3, 0.4) is 0 Å². The van der Waals surface area contributed by atoms with Gasteiger partial charge in [0.1, 0.15) is 6.04 Å². The van der Waals surface area contributed by atoms with E-state index in [0.717, 1.165) is 12.5 Å². The fourth-order valence-electron chi connectivity index (χ4n) is 3.23. The van der Waals surface area contributed by atoms with Crippen molar-refractivity contribution in [1.82, 2.24) is 5.32 Å². The Balaban J connectivity index is 1.77. The summed E-state index contributed by atoms with van der Waals surface area (Å²) < 4.78 is 23.9. The Morgan fingerprint density at radius 3 is 2.50 bits per heavy atom. The van der Waals surface area contributed by atoms with Crippen molar-refractivity contribution in [3.05, 3.63) is 65.5 Å². The van der Waals surface area contributed by atoms with Gasteiger partial charge in [-0.3, -0.25) is 14.4 Å². The molecule has 2 aromatic carbocycles. The molecule has 1 N–H and O–H groups in total. The molecule has 3 rings (SSSR count). The fraction of sp³-hybridized carbons (Fsp3) is 0.304. The van der Waals surface area contributed by atoms with E-state index in [2.05, 4.69) is 5.32 Å². The van der Waals surface area contributed by atoms with Gasteiger partial charge in [0.15, 0.2) is 17.3 Å². The highest BCUT2D eigenvalue weighted by atomic mass is 32.2. The predicted octanol–water partition coefficient (Wildman–Crippen LogP) is 3.17. The lowest BCUT2D eigenvalue weighted by atomic mass is 10.1. The molecule has 0 bridgehead atoms. The summed E-state index contributed by atoms with van der Waals surface area (Å²) in [4.78, 5) is 50.2. The minimum Gasteiger partial charge on any atom is -0.494 e. The van der Waals surface area contributed by atoms with Crippen LogP contribution in [0.15, 0.2) is 48.5 Å². The van der Waals surface area contributed by atoms with Gasteiger partial charge in [0.25, 0.3) is 0 Å². The summed E-state index contributed by atoms with van der Waals surface area (Å²) in [7, 11) is 1.29. The number of esters is 2. The van der Waals surface area contributed by atoms with E-state index in [4.69, 9.17) is 9.47 Å². The van der Waals surface area contributed by atoms with E-state index in [-0.39, 0.29) is 11.3 Å². The minimum atomic E-state index is -1.20. The van der Waals surface area contributed by atoms with Crippen LogP contribution in [0.4, 0.5) is 4.39 Å². The molecule has 0 radical (unpaired) electrons. The molecule has 0 aromatic heterocycles. The Labute approximate surface area is 188 Å². The number of methoxy groups -OCH3 is 1. The van der Waals surface area contributed by atoms with Crippen molar-refractivity contribution in [3.63, 3.8) is 0 Å². The van der Waals surface area contributed by atoms with Crippen LogP contribution in [0, 0.1) is 5.82 Å². The Morgan fingerprint density at radius 1 is 1.12 bits per heavy atom. The van der Waals surface area contributed by atoms with Crippen molar-refractivity contribution >= 4 is 34.6 Å². The smallest absolute Gasteiger partial charge is 0.330 e. The number of hydrogen-bond acceptors (Lipinski definition) is 8. The summed E-state index contributed by atoms with van der Waals surface area (Å²) in [5.74, 6) is -3.07. The number of halogens is 1. The Bertz CT molecular complexity index is 1010. The Hall–Kier alpha value is -3.04.